The minimum absolute atomic E-state index is 0.519. The summed E-state index contributed by atoms with van der Waals surface area (Å²) in [7, 11) is 0. The van der Waals surface area contributed by atoms with Crippen molar-refractivity contribution in [3.63, 3.8) is 0 Å². The van der Waals surface area contributed by atoms with E-state index in [1.165, 1.54) is 5.57 Å². The van der Waals surface area contributed by atoms with Gasteiger partial charge in [0.25, 0.3) is 0 Å². The molecule has 2 aromatic rings. The lowest BCUT2D eigenvalue weighted by molar-refractivity contribution is -0.521. The molecule has 0 aromatic heterocycles. The first-order valence-electron chi connectivity index (χ1n) is 11.9. The van der Waals surface area contributed by atoms with Gasteiger partial charge in [0.2, 0.25) is 0 Å². The number of benzene rings is 2. The molecule has 0 saturated heterocycles. The van der Waals surface area contributed by atoms with Crippen molar-refractivity contribution in [1.29, 1.82) is 5.26 Å². The molecule has 3 nitrogen and oxygen atoms in total. The highest BCUT2D eigenvalue weighted by Crippen LogP contribution is 2.33. The predicted molar refractivity (Wildman–Crippen MR) is 155 cm³/mol. The molecule has 0 unspecified atom stereocenters. The fourth-order valence-electron chi connectivity index (χ4n) is 4.04. The van der Waals surface area contributed by atoms with Gasteiger partial charge in [0.05, 0.1) is 12.5 Å². The molecule has 0 N–H and O–H groups in total. The molecule has 2 aliphatic rings. The Morgan fingerprint density at radius 2 is 1.56 bits per heavy atom. The smallest absolute Gasteiger partial charge is 0.200 e. The lowest BCUT2D eigenvalue weighted by atomic mass is 9.98. The first kappa shape index (κ1) is 25.9. The Morgan fingerprint density at radius 3 is 2.17 bits per heavy atom. The van der Waals surface area contributed by atoms with Gasteiger partial charge < -0.3 is 4.74 Å². The molecule has 0 atom stereocenters. The van der Waals surface area contributed by atoms with Crippen LogP contribution in [0.4, 0.5) is 0 Å². The monoisotopic (exact) mass is 601 g/mol. The van der Waals surface area contributed by atoms with Gasteiger partial charge >= 0.3 is 0 Å². The number of nitrogens with zero attached hydrogens (tertiary/aromatic N) is 2. The van der Waals surface area contributed by atoms with Crippen LogP contribution >= 0.6 is 31.9 Å². The summed E-state index contributed by atoms with van der Waals surface area (Å²) in [5.41, 5.74) is 6.68. The summed E-state index contributed by atoms with van der Waals surface area (Å²) in [5, 5.41) is 8.94. The third kappa shape index (κ3) is 6.51. The van der Waals surface area contributed by atoms with Crippen LogP contribution in [0.25, 0.3) is 11.3 Å². The van der Waals surface area contributed by atoms with E-state index in [0.717, 1.165) is 61.5 Å². The van der Waals surface area contributed by atoms with Gasteiger partial charge in [0.1, 0.15) is 18.1 Å². The second kappa shape index (κ2) is 12.2. The van der Waals surface area contributed by atoms with E-state index in [1.54, 1.807) is 0 Å². The molecule has 0 fully saturated rings. The molecule has 36 heavy (non-hydrogen) atoms. The third-order valence-corrected chi connectivity index (χ3v) is 7.10. The zero-order valence-electron chi connectivity index (χ0n) is 20.3. The van der Waals surface area contributed by atoms with Crippen LogP contribution in [-0.2, 0) is 4.74 Å². The first-order valence-corrected chi connectivity index (χ1v) is 13.5. The van der Waals surface area contributed by atoms with Crippen molar-refractivity contribution in [3.8, 4) is 6.07 Å². The number of nitriles is 1. The van der Waals surface area contributed by atoms with E-state index in [9.17, 15) is 0 Å². The van der Waals surface area contributed by atoms with Gasteiger partial charge in [-0.3, -0.25) is 0 Å². The average Bonchev–Trinajstić information content (AvgIpc) is 2.89. The largest absolute Gasteiger partial charge is 0.457 e. The van der Waals surface area contributed by atoms with Crippen LogP contribution in [0.3, 0.4) is 0 Å². The topological polar surface area (TPSA) is 36.0 Å². The van der Waals surface area contributed by atoms with E-state index in [2.05, 4.69) is 129 Å². The SMILES string of the molecule is CC[N+](CCC#N)=C1C=CC(=CC=C2C=C(c3ccc(Br)cc3)C=C(c3ccc(Br)cc3)O2)C(C)=C1. The number of hydrogen-bond acceptors (Lipinski definition) is 2. The van der Waals surface area contributed by atoms with Crippen LogP contribution in [0.5, 0.6) is 0 Å². The molecule has 0 saturated carbocycles. The van der Waals surface area contributed by atoms with Crippen LogP contribution < -0.4 is 0 Å². The van der Waals surface area contributed by atoms with Crippen LogP contribution in [0.15, 0.2) is 117 Å². The van der Waals surface area contributed by atoms with Gasteiger partial charge in [-0.1, -0.05) is 62.2 Å². The minimum atomic E-state index is 0.519. The van der Waals surface area contributed by atoms with E-state index in [-0.39, 0.29) is 0 Å². The number of rotatable bonds is 6. The lowest BCUT2D eigenvalue weighted by Crippen LogP contribution is -2.21. The van der Waals surface area contributed by atoms with Crippen LogP contribution in [-0.4, -0.2) is 23.4 Å². The number of hydrogen-bond donors (Lipinski definition) is 0. The van der Waals surface area contributed by atoms with Crippen molar-refractivity contribution in [2.75, 3.05) is 13.1 Å². The molecule has 1 aliphatic carbocycles. The van der Waals surface area contributed by atoms with Gasteiger partial charge in [0.15, 0.2) is 12.3 Å². The van der Waals surface area contributed by atoms with Crippen molar-refractivity contribution >= 4 is 48.9 Å². The van der Waals surface area contributed by atoms with Crippen molar-refractivity contribution in [3.05, 3.63) is 128 Å². The molecule has 5 heteroatoms. The maximum Gasteiger partial charge on any atom is 0.200 e. The minimum Gasteiger partial charge on any atom is -0.457 e. The Kier molecular flexibility index (Phi) is 8.74. The highest BCUT2D eigenvalue weighted by molar-refractivity contribution is 9.10. The second-order valence-corrected chi connectivity index (χ2v) is 10.3. The van der Waals surface area contributed by atoms with E-state index in [0.29, 0.717) is 6.42 Å². The number of allylic oxidation sites excluding steroid dienone is 10. The van der Waals surface area contributed by atoms with E-state index in [4.69, 9.17) is 10.00 Å². The van der Waals surface area contributed by atoms with Crippen molar-refractivity contribution < 1.29 is 9.31 Å². The Labute approximate surface area is 230 Å². The summed E-state index contributed by atoms with van der Waals surface area (Å²) in [6.07, 6.45) is 15.2. The van der Waals surface area contributed by atoms with E-state index in [1.807, 2.05) is 18.2 Å². The molecule has 180 valence electrons. The Morgan fingerprint density at radius 1 is 0.889 bits per heavy atom. The highest BCUT2D eigenvalue weighted by atomic mass is 79.9. The van der Waals surface area contributed by atoms with Crippen molar-refractivity contribution in [1.82, 2.24) is 0 Å². The summed E-state index contributed by atoms with van der Waals surface area (Å²) in [4.78, 5) is 0. The normalized spacial score (nSPS) is 18.8. The van der Waals surface area contributed by atoms with Gasteiger partial charge in [-0.25, -0.2) is 4.58 Å². The molecule has 2 aromatic carbocycles. The Hall–Kier alpha value is -3.20. The zero-order valence-corrected chi connectivity index (χ0v) is 23.5. The maximum absolute atomic E-state index is 8.94. The second-order valence-electron chi connectivity index (χ2n) is 8.49. The average molecular weight is 603 g/mol. The Balaban J connectivity index is 1.66. The van der Waals surface area contributed by atoms with Gasteiger partial charge in [0, 0.05) is 26.7 Å². The summed E-state index contributed by atoms with van der Waals surface area (Å²) in [5.74, 6) is 1.59. The van der Waals surface area contributed by atoms with Gasteiger partial charge in [-0.05, 0) is 84.7 Å². The molecule has 0 spiro atoms. The van der Waals surface area contributed by atoms with Crippen LogP contribution in [0, 0.1) is 11.3 Å². The quantitative estimate of drug-likeness (QED) is 0.311. The van der Waals surface area contributed by atoms with E-state index >= 15 is 0 Å². The molecular formula is C31H27Br2N2O+. The highest BCUT2D eigenvalue weighted by Gasteiger charge is 2.16. The predicted octanol–water partition coefficient (Wildman–Crippen LogP) is 8.38. The standard InChI is InChI=1S/C31H27Br2N2O/c1-3-35(18-4-17-34)29-15-9-23(22(2)19-29)10-16-30-20-26(24-5-11-27(32)12-6-24)21-31(36-30)25-7-13-28(33)14-8-25/h5-16,19-21H,3-4,18H2,1-2H3/q+1. The van der Waals surface area contributed by atoms with Crippen molar-refractivity contribution in [2.24, 2.45) is 0 Å². The molecular weight excluding hydrogens is 576 g/mol. The van der Waals surface area contributed by atoms with Gasteiger partial charge in [-0.15, -0.1) is 0 Å². The van der Waals surface area contributed by atoms with E-state index < -0.39 is 0 Å². The summed E-state index contributed by atoms with van der Waals surface area (Å²) >= 11 is 7.04. The van der Waals surface area contributed by atoms with Crippen LogP contribution in [0.1, 0.15) is 31.4 Å². The third-order valence-electron chi connectivity index (χ3n) is 6.04. The molecule has 1 heterocycles. The fraction of sp³-hybridized carbons (Fsp3) is 0.161. The summed E-state index contributed by atoms with van der Waals surface area (Å²) in [6, 6.07) is 18.7. The first-order chi connectivity index (χ1) is 17.5. The maximum atomic E-state index is 8.94. The zero-order chi connectivity index (χ0) is 25.5. The number of halogens is 2. The summed E-state index contributed by atoms with van der Waals surface area (Å²) < 4.78 is 10.6. The fourth-order valence-corrected chi connectivity index (χ4v) is 4.57. The molecule has 0 amide bonds. The molecule has 4 rings (SSSR count). The summed E-state index contributed by atoms with van der Waals surface area (Å²) in [6.45, 7) is 5.84. The Bertz CT molecular complexity index is 1390. The van der Waals surface area contributed by atoms with Crippen LogP contribution in [0.2, 0.25) is 0 Å². The molecule has 0 bridgehead atoms. The molecule has 1 aliphatic heterocycles. The van der Waals surface area contributed by atoms with Crippen molar-refractivity contribution in [2.45, 2.75) is 20.3 Å². The molecule has 0 radical (unpaired) electrons. The number of ether oxygens (including phenoxy) is 1. The van der Waals surface area contributed by atoms with Gasteiger partial charge in [-0.2, -0.15) is 5.26 Å². The lowest BCUT2D eigenvalue weighted by Gasteiger charge is -2.18.